The molecule has 0 bridgehead atoms. The first-order chi connectivity index (χ1) is 6.92. The lowest BCUT2D eigenvalue weighted by molar-refractivity contribution is 0.586. The Morgan fingerprint density at radius 2 is 1.87 bits per heavy atom. The molecule has 0 spiro atoms. The van der Waals surface area contributed by atoms with E-state index in [2.05, 4.69) is 15.9 Å². The van der Waals surface area contributed by atoms with Gasteiger partial charge in [0.1, 0.15) is 0 Å². The second kappa shape index (κ2) is 5.09. The zero-order valence-corrected chi connectivity index (χ0v) is 10.9. The lowest BCUT2D eigenvalue weighted by Crippen LogP contribution is -2.21. The molecule has 5 heteroatoms. The van der Waals surface area contributed by atoms with Crippen molar-refractivity contribution in [3.05, 3.63) is 34.3 Å². The predicted molar refractivity (Wildman–Crippen MR) is 65.1 cm³/mol. The van der Waals surface area contributed by atoms with E-state index in [-0.39, 0.29) is 11.7 Å². The van der Waals surface area contributed by atoms with Gasteiger partial charge in [-0.15, -0.1) is 0 Å². The summed E-state index contributed by atoms with van der Waals surface area (Å²) in [6.07, 6.45) is 0.762. The Morgan fingerprint density at radius 1 is 1.33 bits per heavy atom. The third-order valence-corrected chi connectivity index (χ3v) is 3.66. The minimum absolute atomic E-state index is 0.00509. The summed E-state index contributed by atoms with van der Waals surface area (Å²) < 4.78 is 23.0. The van der Waals surface area contributed by atoms with Gasteiger partial charge in [-0.2, -0.15) is 0 Å². The highest BCUT2D eigenvalue weighted by Gasteiger charge is 2.15. The van der Waals surface area contributed by atoms with E-state index in [0.717, 1.165) is 16.5 Å². The number of sulfonamides is 1. The van der Waals surface area contributed by atoms with E-state index < -0.39 is 10.0 Å². The quantitative estimate of drug-likeness (QED) is 0.925. The Morgan fingerprint density at radius 3 is 2.27 bits per heavy atom. The van der Waals surface area contributed by atoms with Gasteiger partial charge in [-0.3, -0.25) is 0 Å². The van der Waals surface area contributed by atoms with Crippen LogP contribution in [0, 0.1) is 0 Å². The third-order valence-electron chi connectivity index (χ3n) is 2.27. The maximum absolute atomic E-state index is 11.0. The van der Waals surface area contributed by atoms with Gasteiger partial charge in [0.15, 0.2) is 0 Å². The minimum atomic E-state index is -3.41. The number of benzene rings is 1. The highest BCUT2D eigenvalue weighted by Crippen LogP contribution is 2.22. The average molecular weight is 292 g/mol. The molecule has 1 rings (SSSR count). The van der Waals surface area contributed by atoms with Crippen molar-refractivity contribution in [1.82, 2.24) is 0 Å². The summed E-state index contributed by atoms with van der Waals surface area (Å²) in [5.74, 6) is -0.0152. The smallest absolute Gasteiger partial charge is 0.209 e. The SMILES string of the molecule is CC[C@H](CS(N)(=O)=O)c1ccc(Br)cc1. The lowest BCUT2D eigenvalue weighted by atomic mass is 9.99. The lowest BCUT2D eigenvalue weighted by Gasteiger charge is -2.13. The van der Waals surface area contributed by atoms with Gasteiger partial charge in [-0.05, 0) is 30.0 Å². The summed E-state index contributed by atoms with van der Waals surface area (Å²) in [5, 5.41) is 5.04. The van der Waals surface area contributed by atoms with Crippen LogP contribution in [0.25, 0.3) is 0 Å². The average Bonchev–Trinajstić information content (AvgIpc) is 2.14. The second-order valence-corrected chi connectivity index (χ2v) is 6.06. The first-order valence-electron chi connectivity index (χ1n) is 4.68. The van der Waals surface area contributed by atoms with E-state index in [1.807, 2.05) is 31.2 Å². The summed E-state index contributed by atoms with van der Waals surface area (Å²) in [6.45, 7) is 1.96. The Balaban J connectivity index is 2.88. The zero-order valence-electron chi connectivity index (χ0n) is 8.48. The predicted octanol–water partition coefficient (Wildman–Crippen LogP) is 2.23. The number of halogens is 1. The largest absolute Gasteiger partial charge is 0.229 e. The molecule has 0 aliphatic carbocycles. The standard InChI is InChI=1S/C10H14BrNO2S/c1-2-8(7-15(12,13)14)9-3-5-10(11)6-4-9/h3-6,8H,2,7H2,1H3,(H2,12,13,14)/t8-/m1/s1. The van der Waals surface area contributed by atoms with E-state index in [4.69, 9.17) is 5.14 Å². The van der Waals surface area contributed by atoms with Crippen molar-refractivity contribution < 1.29 is 8.42 Å². The summed E-state index contributed by atoms with van der Waals surface area (Å²) in [6, 6.07) is 7.65. The van der Waals surface area contributed by atoms with E-state index >= 15 is 0 Å². The first-order valence-corrected chi connectivity index (χ1v) is 7.19. The van der Waals surface area contributed by atoms with Gasteiger partial charge in [-0.25, -0.2) is 13.6 Å². The fraction of sp³-hybridized carbons (Fsp3) is 0.400. The molecule has 1 atom stereocenters. The fourth-order valence-electron chi connectivity index (χ4n) is 1.47. The van der Waals surface area contributed by atoms with Crippen molar-refractivity contribution in [2.75, 3.05) is 5.75 Å². The molecule has 84 valence electrons. The van der Waals surface area contributed by atoms with Crippen molar-refractivity contribution >= 4 is 26.0 Å². The molecule has 0 heterocycles. The molecule has 0 saturated heterocycles. The summed E-state index contributed by atoms with van der Waals surface area (Å²) in [5.41, 5.74) is 1.01. The van der Waals surface area contributed by atoms with Crippen LogP contribution in [0.3, 0.4) is 0 Å². The van der Waals surface area contributed by atoms with Gasteiger partial charge in [0.2, 0.25) is 10.0 Å². The van der Waals surface area contributed by atoms with Gasteiger partial charge in [0, 0.05) is 4.47 Å². The van der Waals surface area contributed by atoms with Crippen molar-refractivity contribution in [3.63, 3.8) is 0 Å². The summed E-state index contributed by atoms with van der Waals surface area (Å²) >= 11 is 3.33. The normalized spacial score (nSPS) is 13.8. The molecule has 0 aromatic heterocycles. The van der Waals surface area contributed by atoms with Crippen LogP contribution in [0.5, 0.6) is 0 Å². The molecule has 0 unspecified atom stereocenters. The van der Waals surface area contributed by atoms with Gasteiger partial charge < -0.3 is 0 Å². The zero-order chi connectivity index (χ0) is 11.5. The molecule has 0 aliphatic rings. The van der Waals surface area contributed by atoms with E-state index in [1.165, 1.54) is 0 Å². The number of nitrogens with two attached hydrogens (primary N) is 1. The third kappa shape index (κ3) is 4.32. The van der Waals surface area contributed by atoms with Crippen molar-refractivity contribution in [3.8, 4) is 0 Å². The topological polar surface area (TPSA) is 60.2 Å². The van der Waals surface area contributed by atoms with Crippen LogP contribution in [-0.4, -0.2) is 14.2 Å². The van der Waals surface area contributed by atoms with E-state index in [9.17, 15) is 8.42 Å². The van der Waals surface area contributed by atoms with Crippen LogP contribution in [0.15, 0.2) is 28.7 Å². The molecular weight excluding hydrogens is 278 g/mol. The number of primary sulfonamides is 1. The van der Waals surface area contributed by atoms with Crippen LogP contribution >= 0.6 is 15.9 Å². The molecular formula is C10H14BrNO2S. The minimum Gasteiger partial charge on any atom is -0.229 e. The number of rotatable bonds is 4. The Bertz CT molecular complexity index is 414. The molecule has 0 fully saturated rings. The molecule has 0 saturated carbocycles. The monoisotopic (exact) mass is 291 g/mol. The van der Waals surface area contributed by atoms with Crippen molar-refractivity contribution in [2.45, 2.75) is 19.3 Å². The number of hydrogen-bond donors (Lipinski definition) is 1. The summed E-state index contributed by atoms with van der Waals surface area (Å²) in [7, 11) is -3.41. The molecule has 1 aromatic rings. The maximum atomic E-state index is 11.0. The fourth-order valence-corrected chi connectivity index (χ4v) is 2.72. The van der Waals surface area contributed by atoms with Crippen LogP contribution in [0.4, 0.5) is 0 Å². The number of hydrogen-bond acceptors (Lipinski definition) is 2. The van der Waals surface area contributed by atoms with Crippen LogP contribution in [0.1, 0.15) is 24.8 Å². The molecule has 1 aromatic carbocycles. The highest BCUT2D eigenvalue weighted by molar-refractivity contribution is 9.10. The summed E-state index contributed by atoms with van der Waals surface area (Å²) in [4.78, 5) is 0. The molecule has 3 nitrogen and oxygen atoms in total. The Kier molecular flexibility index (Phi) is 4.31. The molecule has 15 heavy (non-hydrogen) atoms. The van der Waals surface area contributed by atoms with Crippen LogP contribution in [-0.2, 0) is 10.0 Å². The van der Waals surface area contributed by atoms with Gasteiger partial charge in [0.25, 0.3) is 0 Å². The maximum Gasteiger partial charge on any atom is 0.209 e. The van der Waals surface area contributed by atoms with Crippen molar-refractivity contribution in [1.29, 1.82) is 0 Å². The first kappa shape index (κ1) is 12.7. The Hall–Kier alpha value is -0.390. The molecule has 0 amide bonds. The second-order valence-electron chi connectivity index (χ2n) is 3.49. The molecule has 0 aliphatic heterocycles. The van der Waals surface area contributed by atoms with Crippen molar-refractivity contribution in [2.24, 2.45) is 5.14 Å². The van der Waals surface area contributed by atoms with Crippen LogP contribution < -0.4 is 5.14 Å². The molecule has 2 N–H and O–H groups in total. The molecule has 0 radical (unpaired) electrons. The van der Waals surface area contributed by atoms with E-state index in [0.29, 0.717) is 0 Å². The van der Waals surface area contributed by atoms with Gasteiger partial charge in [0.05, 0.1) is 5.75 Å². The Labute approximate surface area is 98.9 Å². The van der Waals surface area contributed by atoms with Gasteiger partial charge >= 0.3 is 0 Å². The highest BCUT2D eigenvalue weighted by atomic mass is 79.9. The van der Waals surface area contributed by atoms with Gasteiger partial charge in [-0.1, -0.05) is 35.0 Å². The van der Waals surface area contributed by atoms with E-state index in [1.54, 1.807) is 0 Å². The van der Waals surface area contributed by atoms with Crippen LogP contribution in [0.2, 0.25) is 0 Å².